The van der Waals surface area contributed by atoms with Crippen molar-refractivity contribution in [3.8, 4) is 11.5 Å². The standard InChI is InChI=1S/C24H33N5O4/c1-15-9-8-10-16-14-29(16,5)22(30)25-18-12-7-6-11-17(18)20-27-28-21(32-20)19(13-15)26-23(31)33-24(2,3)4/h6-7,11-12,15-16,19H,8-10,13-14H2,1-5H3,(H-,25,26,27,30,31)/p+1. The number of anilines is 1. The molecule has 178 valence electrons. The molecule has 4 unspecified atom stereocenters. The van der Waals surface area contributed by atoms with E-state index in [-0.39, 0.29) is 6.03 Å². The fraction of sp³-hybridized carbons (Fsp3) is 0.583. The maximum atomic E-state index is 13.0. The van der Waals surface area contributed by atoms with Crippen LogP contribution in [-0.4, -0.2) is 52.0 Å². The zero-order valence-electron chi connectivity index (χ0n) is 20.1. The normalized spacial score (nSPS) is 27.8. The van der Waals surface area contributed by atoms with Crippen LogP contribution >= 0.6 is 0 Å². The number of carbonyl (C=O) groups is 2. The molecule has 4 rings (SSSR count). The van der Waals surface area contributed by atoms with E-state index in [2.05, 4.69) is 27.8 Å². The lowest BCUT2D eigenvalue weighted by molar-refractivity contribution is -0.700. The largest absolute Gasteiger partial charge is 0.444 e. The minimum absolute atomic E-state index is 0.0282. The van der Waals surface area contributed by atoms with Gasteiger partial charge in [-0.15, -0.1) is 10.2 Å². The minimum Gasteiger partial charge on any atom is -0.444 e. The summed E-state index contributed by atoms with van der Waals surface area (Å²) < 4.78 is 11.9. The number of nitrogens with zero attached hydrogens (tertiary/aromatic N) is 3. The summed E-state index contributed by atoms with van der Waals surface area (Å²) in [6, 6.07) is 7.22. The molecule has 0 spiro atoms. The van der Waals surface area contributed by atoms with Gasteiger partial charge in [0.1, 0.15) is 24.2 Å². The Morgan fingerprint density at radius 3 is 2.76 bits per heavy atom. The van der Waals surface area contributed by atoms with E-state index < -0.39 is 17.7 Å². The Bertz CT molecular complexity index is 1030. The number of benzene rings is 1. The minimum atomic E-state index is -0.609. The first-order valence-electron chi connectivity index (χ1n) is 11.6. The number of likely N-dealkylation sites (N-methyl/N-ethyl adjacent to an activating group) is 1. The van der Waals surface area contributed by atoms with E-state index in [0.717, 1.165) is 25.8 Å². The monoisotopic (exact) mass is 456 g/mol. The highest BCUT2D eigenvalue weighted by molar-refractivity contribution is 5.90. The van der Waals surface area contributed by atoms with Gasteiger partial charge in [-0.3, -0.25) is 5.32 Å². The van der Waals surface area contributed by atoms with Crippen molar-refractivity contribution in [2.45, 2.75) is 71.1 Å². The number of fused-ring (bicyclic) bond motifs is 5. The third kappa shape index (κ3) is 5.35. The number of amides is 3. The van der Waals surface area contributed by atoms with Gasteiger partial charge in [0.15, 0.2) is 0 Å². The topological polar surface area (TPSA) is 106 Å². The van der Waals surface area contributed by atoms with E-state index in [0.29, 0.717) is 45.9 Å². The lowest BCUT2D eigenvalue weighted by Gasteiger charge is -2.23. The summed E-state index contributed by atoms with van der Waals surface area (Å²) in [5.74, 6) is 0.928. The lowest BCUT2D eigenvalue weighted by atomic mass is 9.95. The van der Waals surface area contributed by atoms with Gasteiger partial charge in [-0.05, 0) is 51.7 Å². The van der Waals surface area contributed by atoms with Crippen LogP contribution < -0.4 is 10.6 Å². The molecule has 33 heavy (non-hydrogen) atoms. The molecule has 2 aromatic rings. The third-order valence-corrected chi connectivity index (χ3v) is 6.43. The zero-order chi connectivity index (χ0) is 23.8. The summed E-state index contributed by atoms with van der Waals surface area (Å²) in [5, 5.41) is 14.4. The summed E-state index contributed by atoms with van der Waals surface area (Å²) in [6.45, 7) is 8.47. The van der Waals surface area contributed by atoms with Crippen molar-refractivity contribution in [3.63, 3.8) is 0 Å². The second kappa shape index (κ2) is 8.78. The number of aromatic nitrogens is 2. The zero-order valence-corrected chi connectivity index (χ0v) is 20.1. The molecule has 2 aliphatic heterocycles. The number of carbonyl (C=O) groups excluding carboxylic acids is 2. The third-order valence-electron chi connectivity index (χ3n) is 6.43. The Morgan fingerprint density at radius 2 is 2.00 bits per heavy atom. The number of alkyl carbamates (subject to hydrolysis) is 1. The van der Waals surface area contributed by atoms with Gasteiger partial charge < -0.3 is 14.5 Å². The Hall–Kier alpha value is -2.94. The van der Waals surface area contributed by atoms with E-state index in [1.165, 1.54) is 0 Å². The highest BCUT2D eigenvalue weighted by Gasteiger charge is 2.57. The van der Waals surface area contributed by atoms with E-state index in [1.54, 1.807) is 0 Å². The first-order valence-corrected chi connectivity index (χ1v) is 11.6. The molecule has 9 heteroatoms. The van der Waals surface area contributed by atoms with E-state index in [9.17, 15) is 9.59 Å². The molecule has 1 saturated heterocycles. The van der Waals surface area contributed by atoms with Crippen LogP contribution in [0.4, 0.5) is 15.3 Å². The van der Waals surface area contributed by atoms with Crippen LogP contribution in [-0.2, 0) is 4.74 Å². The van der Waals surface area contributed by atoms with Crippen molar-refractivity contribution >= 4 is 17.8 Å². The molecule has 0 aliphatic carbocycles. The lowest BCUT2D eigenvalue weighted by Crippen LogP contribution is -2.36. The molecule has 2 aliphatic rings. The molecule has 2 bridgehead atoms. The Balaban J connectivity index is 1.65. The average Bonchev–Trinajstić information content (AvgIpc) is 3.16. The van der Waals surface area contributed by atoms with E-state index in [1.807, 2.05) is 52.1 Å². The highest BCUT2D eigenvalue weighted by Crippen LogP contribution is 2.37. The van der Waals surface area contributed by atoms with Crippen LogP contribution in [0.1, 0.15) is 65.3 Å². The van der Waals surface area contributed by atoms with Gasteiger partial charge in [-0.2, -0.15) is 0 Å². The SMILES string of the molecule is CC1CCCC2C[N+]2(C)C(=O)Nc2ccccc2-c2nnc(o2)C(NC(=O)OC(C)(C)C)C1. The van der Waals surface area contributed by atoms with Crippen LogP contribution in [0.2, 0.25) is 0 Å². The number of hydrogen-bond donors (Lipinski definition) is 2. The molecule has 3 heterocycles. The number of rotatable bonds is 1. The molecule has 4 atom stereocenters. The molecule has 1 aromatic carbocycles. The van der Waals surface area contributed by atoms with Crippen LogP contribution in [0.25, 0.3) is 11.5 Å². The van der Waals surface area contributed by atoms with Crippen LogP contribution in [0.5, 0.6) is 0 Å². The molecular weight excluding hydrogens is 422 g/mol. The molecule has 0 saturated carbocycles. The molecule has 1 fully saturated rings. The van der Waals surface area contributed by atoms with Crippen molar-refractivity contribution in [2.75, 3.05) is 18.9 Å². The van der Waals surface area contributed by atoms with Crippen molar-refractivity contribution < 1.29 is 23.2 Å². The van der Waals surface area contributed by atoms with Gasteiger partial charge in [0.05, 0.1) is 18.3 Å². The van der Waals surface area contributed by atoms with Crippen molar-refractivity contribution in [2.24, 2.45) is 5.92 Å². The fourth-order valence-electron chi connectivity index (χ4n) is 4.41. The smallest absolute Gasteiger partial charge is 0.421 e. The Kier molecular flexibility index (Phi) is 6.18. The van der Waals surface area contributed by atoms with Crippen molar-refractivity contribution in [3.05, 3.63) is 30.2 Å². The van der Waals surface area contributed by atoms with Gasteiger partial charge in [0, 0.05) is 6.42 Å². The second-order valence-corrected chi connectivity index (χ2v) is 10.5. The van der Waals surface area contributed by atoms with Gasteiger partial charge in [0.25, 0.3) is 0 Å². The van der Waals surface area contributed by atoms with Crippen LogP contribution in [0, 0.1) is 5.92 Å². The maximum Gasteiger partial charge on any atom is 0.421 e. The van der Waals surface area contributed by atoms with Gasteiger partial charge in [-0.25, -0.2) is 14.1 Å². The Morgan fingerprint density at radius 1 is 1.24 bits per heavy atom. The summed E-state index contributed by atoms with van der Waals surface area (Å²) in [5.41, 5.74) is 0.665. The predicted octanol–water partition coefficient (Wildman–Crippen LogP) is 4.87. The number of nitrogens with one attached hydrogen (secondary N) is 2. The van der Waals surface area contributed by atoms with E-state index in [4.69, 9.17) is 9.15 Å². The highest BCUT2D eigenvalue weighted by atomic mass is 16.6. The van der Waals surface area contributed by atoms with Crippen molar-refractivity contribution in [1.82, 2.24) is 15.5 Å². The number of para-hydroxylation sites is 1. The second-order valence-electron chi connectivity index (χ2n) is 10.5. The average molecular weight is 457 g/mol. The molecular formula is C24H34N5O4+. The number of ether oxygens (including phenoxy) is 1. The van der Waals surface area contributed by atoms with Gasteiger partial charge in [-0.1, -0.05) is 25.5 Å². The first kappa shape index (κ1) is 23.2. The van der Waals surface area contributed by atoms with Gasteiger partial charge in [0.2, 0.25) is 11.8 Å². The molecule has 2 N–H and O–H groups in total. The van der Waals surface area contributed by atoms with Crippen LogP contribution in [0.15, 0.2) is 28.7 Å². The summed E-state index contributed by atoms with van der Waals surface area (Å²) >= 11 is 0. The quantitative estimate of drug-likeness (QED) is 0.468. The maximum absolute atomic E-state index is 13.0. The number of hydrogen-bond acceptors (Lipinski definition) is 6. The van der Waals surface area contributed by atoms with Crippen molar-refractivity contribution in [1.29, 1.82) is 0 Å². The van der Waals surface area contributed by atoms with Gasteiger partial charge >= 0.3 is 12.1 Å². The Labute approximate surface area is 194 Å². The summed E-state index contributed by atoms with van der Waals surface area (Å²) in [7, 11) is 1.98. The predicted molar refractivity (Wildman–Crippen MR) is 123 cm³/mol. The summed E-state index contributed by atoms with van der Waals surface area (Å²) in [6.07, 6.45) is 3.11. The first-order chi connectivity index (χ1) is 15.5. The molecule has 3 amide bonds. The van der Waals surface area contributed by atoms with E-state index >= 15 is 0 Å². The van der Waals surface area contributed by atoms with Crippen LogP contribution in [0.3, 0.4) is 0 Å². The molecule has 9 nitrogen and oxygen atoms in total. The molecule has 1 aromatic heterocycles. The number of urea groups is 1. The summed E-state index contributed by atoms with van der Waals surface area (Å²) in [4.78, 5) is 25.5. The fourth-order valence-corrected chi connectivity index (χ4v) is 4.41. The number of quaternary nitrogens is 1. The molecule has 0 radical (unpaired) electrons.